The molecule has 2 amide bonds. The number of nitrogens with one attached hydrogen (secondary N) is 1. The minimum Gasteiger partial charge on any atom is -0.361 e. The first-order valence-electron chi connectivity index (χ1n) is 3.91. The predicted octanol–water partition coefficient (Wildman–Crippen LogP) is 0.442. The van der Waals surface area contributed by atoms with E-state index < -0.39 is 11.8 Å². The van der Waals surface area contributed by atoms with E-state index in [0.717, 1.165) is 5.56 Å². The molecule has 0 saturated carbocycles. The molecule has 3 N–H and O–H groups in total. The Hall–Kier alpha value is -1.55. The Balaban J connectivity index is 2.50. The van der Waals surface area contributed by atoms with Crippen LogP contribution in [0.1, 0.15) is 5.56 Å². The first kappa shape index (κ1) is 10.5. The molecule has 0 radical (unpaired) electrons. The lowest BCUT2D eigenvalue weighted by Crippen LogP contribution is -2.35. The summed E-state index contributed by atoms with van der Waals surface area (Å²) in [6.45, 7) is 0.263. The van der Waals surface area contributed by atoms with Gasteiger partial charge in [-0.3, -0.25) is 9.59 Å². The van der Waals surface area contributed by atoms with Crippen LogP contribution in [0.15, 0.2) is 24.3 Å². The van der Waals surface area contributed by atoms with Crippen LogP contribution in [-0.4, -0.2) is 11.8 Å². The summed E-state index contributed by atoms with van der Waals surface area (Å²) >= 11 is 5.66. The lowest BCUT2D eigenvalue weighted by molar-refractivity contribution is -0.137. The summed E-state index contributed by atoms with van der Waals surface area (Å²) in [5, 5.41) is 2.98. The summed E-state index contributed by atoms with van der Waals surface area (Å²) in [5.41, 5.74) is 5.60. The number of carbonyl (C=O) groups is 2. The van der Waals surface area contributed by atoms with Crippen LogP contribution in [0.4, 0.5) is 0 Å². The van der Waals surface area contributed by atoms with Gasteiger partial charge in [0.2, 0.25) is 0 Å². The summed E-state index contributed by atoms with van der Waals surface area (Å²) in [5.74, 6) is -1.78. The molecule has 1 aromatic carbocycles. The molecule has 0 aliphatic rings. The molecule has 0 saturated heterocycles. The molecule has 0 spiro atoms. The maximum absolute atomic E-state index is 10.8. The van der Waals surface area contributed by atoms with E-state index in [0.29, 0.717) is 5.02 Å². The number of halogens is 1. The number of hydrogen-bond donors (Lipinski definition) is 2. The van der Waals surface area contributed by atoms with E-state index in [4.69, 9.17) is 17.3 Å². The highest BCUT2D eigenvalue weighted by molar-refractivity contribution is 6.34. The Morgan fingerprint density at radius 2 is 1.86 bits per heavy atom. The summed E-state index contributed by atoms with van der Waals surface area (Å²) in [7, 11) is 0. The fraction of sp³-hybridized carbons (Fsp3) is 0.111. The molecule has 5 heteroatoms. The minimum absolute atomic E-state index is 0.263. The molecule has 74 valence electrons. The fourth-order valence-electron chi connectivity index (χ4n) is 0.872. The van der Waals surface area contributed by atoms with Gasteiger partial charge in [-0.25, -0.2) is 0 Å². The van der Waals surface area contributed by atoms with Crippen molar-refractivity contribution >= 4 is 23.4 Å². The molecule has 0 unspecified atom stereocenters. The van der Waals surface area contributed by atoms with Crippen LogP contribution in [0, 0.1) is 0 Å². The molecule has 0 atom stereocenters. The van der Waals surface area contributed by atoms with E-state index in [9.17, 15) is 9.59 Å². The molecule has 1 rings (SSSR count). The van der Waals surface area contributed by atoms with E-state index in [-0.39, 0.29) is 6.54 Å². The number of benzene rings is 1. The van der Waals surface area contributed by atoms with Gasteiger partial charge in [0.1, 0.15) is 0 Å². The summed E-state index contributed by atoms with van der Waals surface area (Å²) in [6, 6.07) is 6.91. The van der Waals surface area contributed by atoms with Crippen LogP contribution in [-0.2, 0) is 16.1 Å². The summed E-state index contributed by atoms with van der Waals surface area (Å²) in [4.78, 5) is 21.1. The van der Waals surface area contributed by atoms with Gasteiger partial charge in [-0.15, -0.1) is 0 Å². The highest BCUT2D eigenvalue weighted by Gasteiger charge is 2.06. The molecule has 0 fully saturated rings. The van der Waals surface area contributed by atoms with Gasteiger partial charge in [0.25, 0.3) is 0 Å². The number of primary amides is 1. The van der Waals surface area contributed by atoms with Gasteiger partial charge >= 0.3 is 11.8 Å². The second kappa shape index (κ2) is 4.62. The highest BCUT2D eigenvalue weighted by Crippen LogP contribution is 2.08. The van der Waals surface area contributed by atoms with Crippen molar-refractivity contribution in [3.63, 3.8) is 0 Å². The summed E-state index contributed by atoms with van der Waals surface area (Å²) in [6.07, 6.45) is 0. The Bertz CT molecular complexity index is 348. The van der Waals surface area contributed by atoms with E-state index in [1.165, 1.54) is 0 Å². The molecule has 14 heavy (non-hydrogen) atoms. The van der Waals surface area contributed by atoms with E-state index in [2.05, 4.69) is 5.32 Å². The number of rotatable bonds is 2. The molecular formula is C9H9ClN2O2. The number of nitrogens with two attached hydrogens (primary N) is 1. The molecule has 1 aromatic rings. The van der Waals surface area contributed by atoms with E-state index in [1.54, 1.807) is 24.3 Å². The van der Waals surface area contributed by atoms with Crippen LogP contribution >= 0.6 is 11.6 Å². The maximum atomic E-state index is 10.8. The molecule has 0 aromatic heterocycles. The average molecular weight is 213 g/mol. The van der Waals surface area contributed by atoms with Crippen molar-refractivity contribution in [1.82, 2.24) is 5.32 Å². The maximum Gasteiger partial charge on any atom is 0.309 e. The van der Waals surface area contributed by atoms with Gasteiger partial charge in [-0.1, -0.05) is 23.7 Å². The zero-order valence-corrected chi connectivity index (χ0v) is 8.04. The van der Waals surface area contributed by atoms with Crippen molar-refractivity contribution in [2.24, 2.45) is 5.73 Å². The van der Waals surface area contributed by atoms with Crippen LogP contribution in [0.5, 0.6) is 0 Å². The van der Waals surface area contributed by atoms with E-state index in [1.807, 2.05) is 0 Å². The zero-order chi connectivity index (χ0) is 10.6. The Morgan fingerprint density at radius 1 is 1.29 bits per heavy atom. The third-order valence-corrected chi connectivity index (χ3v) is 1.84. The monoisotopic (exact) mass is 212 g/mol. The van der Waals surface area contributed by atoms with Crippen LogP contribution in [0.25, 0.3) is 0 Å². The van der Waals surface area contributed by atoms with Gasteiger partial charge in [-0.05, 0) is 17.7 Å². The van der Waals surface area contributed by atoms with Gasteiger partial charge < -0.3 is 11.1 Å². The highest BCUT2D eigenvalue weighted by atomic mass is 35.5. The third-order valence-electron chi connectivity index (χ3n) is 1.59. The van der Waals surface area contributed by atoms with Gasteiger partial charge in [0, 0.05) is 11.6 Å². The molecule has 0 aliphatic heterocycles. The third kappa shape index (κ3) is 3.06. The van der Waals surface area contributed by atoms with Crippen molar-refractivity contribution in [3.8, 4) is 0 Å². The predicted molar refractivity (Wildman–Crippen MR) is 52.5 cm³/mol. The van der Waals surface area contributed by atoms with Crippen molar-refractivity contribution < 1.29 is 9.59 Å². The average Bonchev–Trinajstić information content (AvgIpc) is 2.16. The minimum atomic E-state index is -0.987. The second-order valence-corrected chi connectivity index (χ2v) is 3.11. The lowest BCUT2D eigenvalue weighted by atomic mass is 10.2. The normalized spacial score (nSPS) is 9.50. The van der Waals surface area contributed by atoms with Crippen molar-refractivity contribution in [3.05, 3.63) is 34.9 Å². The van der Waals surface area contributed by atoms with E-state index >= 15 is 0 Å². The zero-order valence-electron chi connectivity index (χ0n) is 7.29. The Morgan fingerprint density at radius 3 is 2.36 bits per heavy atom. The molecule has 0 heterocycles. The van der Waals surface area contributed by atoms with Gasteiger partial charge in [0.15, 0.2) is 0 Å². The lowest BCUT2D eigenvalue weighted by Gasteiger charge is -2.02. The van der Waals surface area contributed by atoms with Crippen LogP contribution in [0.2, 0.25) is 5.02 Å². The first-order chi connectivity index (χ1) is 6.59. The fourth-order valence-corrected chi connectivity index (χ4v) is 0.998. The smallest absolute Gasteiger partial charge is 0.309 e. The van der Waals surface area contributed by atoms with Crippen molar-refractivity contribution in [2.75, 3.05) is 0 Å². The number of amides is 2. The first-order valence-corrected chi connectivity index (χ1v) is 4.29. The largest absolute Gasteiger partial charge is 0.361 e. The van der Waals surface area contributed by atoms with Crippen molar-refractivity contribution in [2.45, 2.75) is 6.54 Å². The number of hydrogen-bond acceptors (Lipinski definition) is 2. The molecule has 4 nitrogen and oxygen atoms in total. The Kier molecular flexibility index (Phi) is 3.48. The van der Waals surface area contributed by atoms with Crippen LogP contribution in [0.3, 0.4) is 0 Å². The van der Waals surface area contributed by atoms with Gasteiger partial charge in [-0.2, -0.15) is 0 Å². The van der Waals surface area contributed by atoms with Gasteiger partial charge in [0.05, 0.1) is 0 Å². The Labute approximate surface area is 86.0 Å². The quantitative estimate of drug-likeness (QED) is 0.699. The second-order valence-electron chi connectivity index (χ2n) is 2.67. The molecular weight excluding hydrogens is 204 g/mol. The number of carbonyl (C=O) groups excluding carboxylic acids is 2. The van der Waals surface area contributed by atoms with Crippen LogP contribution < -0.4 is 11.1 Å². The standard InChI is InChI=1S/C9H9ClN2O2/c10-7-3-1-6(2-4-7)5-12-9(14)8(11)13/h1-4H,5H2,(H2,11,13)(H,12,14). The molecule has 0 aliphatic carbocycles. The SMILES string of the molecule is NC(=O)C(=O)NCc1ccc(Cl)cc1. The molecule has 0 bridgehead atoms. The topological polar surface area (TPSA) is 72.2 Å². The summed E-state index contributed by atoms with van der Waals surface area (Å²) < 4.78 is 0. The van der Waals surface area contributed by atoms with Crippen molar-refractivity contribution in [1.29, 1.82) is 0 Å².